The summed E-state index contributed by atoms with van der Waals surface area (Å²) in [5.74, 6) is 0.816. The Morgan fingerprint density at radius 3 is 2.62 bits per heavy atom. The first-order valence-corrected chi connectivity index (χ1v) is 10.7. The molecule has 1 unspecified atom stereocenters. The summed E-state index contributed by atoms with van der Waals surface area (Å²) in [6, 6.07) is 17.1. The van der Waals surface area contributed by atoms with Crippen LogP contribution in [0.3, 0.4) is 0 Å². The van der Waals surface area contributed by atoms with Crippen LogP contribution in [0.1, 0.15) is 15.8 Å². The Balaban J connectivity index is 1.69. The number of thiophene rings is 1. The quantitative estimate of drug-likeness (QED) is 0.634. The number of anilines is 1. The van der Waals surface area contributed by atoms with Crippen LogP contribution in [0.2, 0.25) is 0 Å². The zero-order valence-electron chi connectivity index (χ0n) is 15.0. The van der Waals surface area contributed by atoms with Crippen LogP contribution in [0.25, 0.3) is 10.8 Å². The van der Waals surface area contributed by atoms with Crippen molar-refractivity contribution in [2.45, 2.75) is 11.8 Å². The second-order valence-corrected chi connectivity index (χ2v) is 8.79. The number of hydrogen-bond donors (Lipinski definition) is 0. The highest BCUT2D eigenvalue weighted by Crippen LogP contribution is 2.43. The SMILES string of the molecule is CN(C)c1ccc(C2SCC(=O)N2CCc2cccs2)c2ccccc12. The molecular formula is C21H22N2OS2. The molecule has 4 rings (SSSR count). The number of thioether (sulfide) groups is 1. The molecule has 1 amide bonds. The minimum absolute atomic E-state index is 0.101. The number of amides is 1. The van der Waals surface area contributed by atoms with Gasteiger partial charge in [0.15, 0.2) is 0 Å². The Bertz CT molecular complexity index is 921. The first-order chi connectivity index (χ1) is 12.6. The highest BCUT2D eigenvalue weighted by Gasteiger charge is 2.33. The molecule has 1 aliphatic rings. The molecule has 0 spiro atoms. The minimum atomic E-state index is 0.101. The Morgan fingerprint density at radius 1 is 1.08 bits per heavy atom. The number of rotatable bonds is 5. The van der Waals surface area contributed by atoms with E-state index in [-0.39, 0.29) is 11.3 Å². The van der Waals surface area contributed by atoms with Crippen LogP contribution in [0.15, 0.2) is 53.9 Å². The molecule has 0 N–H and O–H groups in total. The lowest BCUT2D eigenvalue weighted by atomic mass is 10.0. The van der Waals surface area contributed by atoms with Gasteiger partial charge in [-0.1, -0.05) is 36.4 Å². The average Bonchev–Trinajstić information content (AvgIpc) is 3.28. The fourth-order valence-electron chi connectivity index (χ4n) is 3.55. The van der Waals surface area contributed by atoms with Gasteiger partial charge in [-0.3, -0.25) is 4.79 Å². The maximum absolute atomic E-state index is 12.5. The van der Waals surface area contributed by atoms with Crippen molar-refractivity contribution in [2.24, 2.45) is 0 Å². The normalized spacial score (nSPS) is 17.2. The zero-order valence-corrected chi connectivity index (χ0v) is 16.6. The molecule has 5 heteroatoms. The second kappa shape index (κ2) is 7.33. The Labute approximate surface area is 162 Å². The maximum Gasteiger partial charge on any atom is 0.233 e. The highest BCUT2D eigenvalue weighted by atomic mass is 32.2. The molecule has 26 heavy (non-hydrogen) atoms. The number of hydrogen-bond acceptors (Lipinski definition) is 4. The lowest BCUT2D eigenvalue weighted by Crippen LogP contribution is -2.30. The van der Waals surface area contributed by atoms with Crippen molar-refractivity contribution >= 4 is 45.5 Å². The third-order valence-electron chi connectivity index (χ3n) is 4.83. The molecule has 3 aromatic rings. The largest absolute Gasteiger partial charge is 0.377 e. The molecule has 2 heterocycles. The number of nitrogens with zero attached hydrogens (tertiary/aromatic N) is 2. The summed E-state index contributed by atoms with van der Waals surface area (Å²) in [4.78, 5) is 18.1. The van der Waals surface area contributed by atoms with Crippen molar-refractivity contribution < 1.29 is 4.79 Å². The molecule has 1 atom stereocenters. The maximum atomic E-state index is 12.5. The lowest BCUT2D eigenvalue weighted by Gasteiger charge is -2.26. The van der Waals surface area contributed by atoms with E-state index in [2.05, 4.69) is 77.8 Å². The van der Waals surface area contributed by atoms with Crippen LogP contribution in [0.5, 0.6) is 0 Å². The van der Waals surface area contributed by atoms with Crippen LogP contribution >= 0.6 is 23.1 Å². The van der Waals surface area contributed by atoms with Gasteiger partial charge in [-0.25, -0.2) is 0 Å². The zero-order chi connectivity index (χ0) is 18.1. The Hall–Kier alpha value is -1.98. The first-order valence-electron chi connectivity index (χ1n) is 8.77. The predicted molar refractivity (Wildman–Crippen MR) is 113 cm³/mol. The monoisotopic (exact) mass is 382 g/mol. The molecule has 2 aromatic carbocycles. The topological polar surface area (TPSA) is 23.6 Å². The van der Waals surface area contributed by atoms with E-state index in [4.69, 9.17) is 0 Å². The van der Waals surface area contributed by atoms with Crippen molar-refractivity contribution in [1.29, 1.82) is 0 Å². The second-order valence-electron chi connectivity index (χ2n) is 6.69. The Kier molecular flexibility index (Phi) is 4.92. The van der Waals surface area contributed by atoms with E-state index in [9.17, 15) is 4.79 Å². The number of carbonyl (C=O) groups is 1. The molecule has 1 aliphatic heterocycles. The van der Waals surface area contributed by atoms with Crippen LogP contribution in [0.4, 0.5) is 5.69 Å². The molecule has 1 fully saturated rings. The van der Waals surface area contributed by atoms with Gasteiger partial charge in [0.05, 0.1) is 5.75 Å². The molecule has 1 aromatic heterocycles. The smallest absolute Gasteiger partial charge is 0.233 e. The summed E-state index contributed by atoms with van der Waals surface area (Å²) in [6.45, 7) is 0.779. The molecule has 0 aliphatic carbocycles. The fourth-order valence-corrected chi connectivity index (χ4v) is 5.50. The van der Waals surface area contributed by atoms with Crippen LogP contribution in [0, 0.1) is 0 Å². The fraction of sp³-hybridized carbons (Fsp3) is 0.286. The van der Waals surface area contributed by atoms with Gasteiger partial charge in [0.2, 0.25) is 5.91 Å². The third kappa shape index (κ3) is 3.21. The van der Waals surface area contributed by atoms with Gasteiger partial charge in [0.1, 0.15) is 5.37 Å². The van der Waals surface area contributed by atoms with E-state index >= 15 is 0 Å². The van der Waals surface area contributed by atoms with Gasteiger partial charge in [0.25, 0.3) is 0 Å². The standard InChI is InChI=1S/C21H22N2OS2/c1-22(2)19-10-9-18(16-7-3-4-8-17(16)19)21-23(20(24)14-26-21)12-11-15-6-5-13-25-15/h3-10,13,21H,11-12,14H2,1-2H3. The summed E-state index contributed by atoms with van der Waals surface area (Å²) < 4.78 is 0. The summed E-state index contributed by atoms with van der Waals surface area (Å²) in [5.41, 5.74) is 2.46. The van der Waals surface area contributed by atoms with Crippen molar-refractivity contribution in [3.63, 3.8) is 0 Å². The van der Waals surface area contributed by atoms with Crippen molar-refractivity contribution in [3.8, 4) is 0 Å². The lowest BCUT2D eigenvalue weighted by molar-refractivity contribution is -0.128. The van der Waals surface area contributed by atoms with Gasteiger partial charge < -0.3 is 9.80 Å². The predicted octanol–water partition coefficient (Wildman–Crippen LogP) is 4.78. The van der Waals surface area contributed by atoms with Gasteiger partial charge in [-0.2, -0.15) is 0 Å². The van der Waals surface area contributed by atoms with E-state index in [1.54, 1.807) is 23.1 Å². The van der Waals surface area contributed by atoms with E-state index in [1.165, 1.54) is 26.9 Å². The molecule has 1 saturated heterocycles. The van der Waals surface area contributed by atoms with Crippen LogP contribution in [-0.4, -0.2) is 37.2 Å². The molecule has 0 radical (unpaired) electrons. The number of fused-ring (bicyclic) bond motifs is 1. The minimum Gasteiger partial charge on any atom is -0.377 e. The molecule has 0 bridgehead atoms. The van der Waals surface area contributed by atoms with Crippen molar-refractivity contribution in [3.05, 3.63) is 64.4 Å². The first kappa shape index (κ1) is 17.4. The van der Waals surface area contributed by atoms with E-state index in [0.29, 0.717) is 5.75 Å². The molecular weight excluding hydrogens is 360 g/mol. The third-order valence-corrected chi connectivity index (χ3v) is 7.00. The molecule has 0 saturated carbocycles. The number of carbonyl (C=O) groups excluding carboxylic acids is 1. The van der Waals surface area contributed by atoms with Crippen LogP contribution < -0.4 is 4.90 Å². The van der Waals surface area contributed by atoms with E-state index < -0.39 is 0 Å². The van der Waals surface area contributed by atoms with Gasteiger partial charge >= 0.3 is 0 Å². The summed E-state index contributed by atoms with van der Waals surface area (Å²) in [7, 11) is 4.14. The van der Waals surface area contributed by atoms with E-state index in [0.717, 1.165) is 13.0 Å². The van der Waals surface area contributed by atoms with Gasteiger partial charge in [-0.15, -0.1) is 23.1 Å². The van der Waals surface area contributed by atoms with Crippen molar-refractivity contribution in [2.75, 3.05) is 31.3 Å². The Morgan fingerprint density at radius 2 is 1.88 bits per heavy atom. The van der Waals surface area contributed by atoms with Gasteiger partial charge in [-0.05, 0) is 34.9 Å². The molecule has 134 valence electrons. The summed E-state index contributed by atoms with van der Waals surface area (Å²) in [5, 5.41) is 4.68. The van der Waals surface area contributed by atoms with Crippen molar-refractivity contribution in [1.82, 2.24) is 4.90 Å². The van der Waals surface area contributed by atoms with Gasteiger partial charge in [0, 0.05) is 36.6 Å². The molecule has 3 nitrogen and oxygen atoms in total. The van der Waals surface area contributed by atoms with Crippen LogP contribution in [-0.2, 0) is 11.2 Å². The average molecular weight is 383 g/mol. The van der Waals surface area contributed by atoms with E-state index in [1.807, 2.05) is 0 Å². The number of benzene rings is 2. The summed E-state index contributed by atoms with van der Waals surface area (Å²) in [6.07, 6.45) is 0.925. The summed E-state index contributed by atoms with van der Waals surface area (Å²) >= 11 is 3.51. The highest BCUT2D eigenvalue weighted by molar-refractivity contribution is 8.00.